The fourth-order valence-corrected chi connectivity index (χ4v) is 6.99. The average Bonchev–Trinajstić information content (AvgIpc) is 2.67. The molecule has 0 aromatic carbocycles. The Labute approximate surface area is 199 Å². The summed E-state index contributed by atoms with van der Waals surface area (Å²) in [4.78, 5) is 0. The van der Waals surface area contributed by atoms with Gasteiger partial charge in [-0.25, -0.2) is 0 Å². The normalized spacial score (nSPS) is 35.4. The fourth-order valence-electron chi connectivity index (χ4n) is 6.99. The summed E-state index contributed by atoms with van der Waals surface area (Å²) < 4.78 is 0. The molecule has 0 aromatic heterocycles. The van der Waals surface area contributed by atoms with E-state index in [1.165, 1.54) is 16.7 Å². The molecule has 2 rings (SSSR count). The van der Waals surface area contributed by atoms with Crippen molar-refractivity contribution in [3.8, 4) is 0 Å². The Balaban J connectivity index is 1.94. The molecule has 2 saturated carbocycles. The van der Waals surface area contributed by atoms with Crippen molar-refractivity contribution < 1.29 is 10.2 Å². The molecule has 0 bridgehead atoms. The molecular formula is C30H52O2. The molecule has 0 aliphatic heterocycles. The van der Waals surface area contributed by atoms with Crippen LogP contribution < -0.4 is 0 Å². The van der Waals surface area contributed by atoms with Crippen molar-refractivity contribution in [2.24, 2.45) is 22.7 Å². The average molecular weight is 445 g/mol. The lowest BCUT2D eigenvalue weighted by atomic mass is 9.44. The van der Waals surface area contributed by atoms with Crippen molar-refractivity contribution in [1.82, 2.24) is 0 Å². The Morgan fingerprint density at radius 3 is 1.97 bits per heavy atom. The van der Waals surface area contributed by atoms with E-state index in [9.17, 15) is 10.2 Å². The highest BCUT2D eigenvalue weighted by molar-refractivity contribution is 5.10. The Morgan fingerprint density at radius 1 is 0.812 bits per heavy atom. The summed E-state index contributed by atoms with van der Waals surface area (Å²) in [6.45, 7) is 17.8. The van der Waals surface area contributed by atoms with Crippen LogP contribution in [-0.4, -0.2) is 21.9 Å². The first-order valence-electron chi connectivity index (χ1n) is 13.2. The standard InChI is InChI=1S/C30H52O2/c1-22(2)12-9-13-23(3)14-10-15-24(4)16-11-17-26-29(7)20-19-27(31)28(5,6)25(29)18-21-30(26,8)32/h12,14,16,25-27,31-32H,9-11,13,15,17-21H2,1-8H3/b23-14+,24-16+/t25?,26-,27+,29?,30-/m1/s1. The summed E-state index contributed by atoms with van der Waals surface area (Å²) in [5.74, 6) is 0.773. The first kappa shape index (κ1) is 27.4. The van der Waals surface area contributed by atoms with Crippen LogP contribution in [0.2, 0.25) is 0 Å². The predicted molar refractivity (Wildman–Crippen MR) is 139 cm³/mol. The van der Waals surface area contributed by atoms with E-state index in [0.717, 1.165) is 64.2 Å². The third-order valence-corrected chi connectivity index (χ3v) is 9.07. The van der Waals surface area contributed by atoms with Crippen molar-refractivity contribution in [2.45, 2.75) is 131 Å². The lowest BCUT2D eigenvalue weighted by Gasteiger charge is -2.62. The van der Waals surface area contributed by atoms with Gasteiger partial charge in [0.05, 0.1) is 11.7 Å². The SMILES string of the molecule is CC(C)=CCC/C(C)=C/CC/C(C)=C/CC[C@@H]1C2(C)CC[C@H](O)C(C)(C)C2CC[C@@]1(C)O. The van der Waals surface area contributed by atoms with Gasteiger partial charge >= 0.3 is 0 Å². The highest BCUT2D eigenvalue weighted by Crippen LogP contribution is 2.62. The second-order valence-electron chi connectivity index (χ2n) is 12.4. The summed E-state index contributed by atoms with van der Waals surface area (Å²) in [6.07, 6.45) is 17.3. The Morgan fingerprint density at radius 2 is 1.38 bits per heavy atom. The molecule has 0 heterocycles. The summed E-state index contributed by atoms with van der Waals surface area (Å²) in [5, 5.41) is 22.0. The van der Waals surface area contributed by atoms with E-state index in [2.05, 4.69) is 73.6 Å². The zero-order valence-electron chi connectivity index (χ0n) is 22.4. The van der Waals surface area contributed by atoms with Crippen molar-refractivity contribution in [3.63, 3.8) is 0 Å². The van der Waals surface area contributed by atoms with Crippen molar-refractivity contribution in [3.05, 3.63) is 34.9 Å². The van der Waals surface area contributed by atoms with E-state index < -0.39 is 5.60 Å². The van der Waals surface area contributed by atoms with Gasteiger partial charge in [0, 0.05) is 0 Å². The third kappa shape index (κ3) is 6.60. The van der Waals surface area contributed by atoms with Crippen LogP contribution in [0.25, 0.3) is 0 Å². The van der Waals surface area contributed by atoms with E-state index in [1.807, 2.05) is 0 Å². The number of aliphatic hydroxyl groups excluding tert-OH is 1. The lowest BCUT2D eigenvalue weighted by Crippen LogP contribution is -2.60. The minimum Gasteiger partial charge on any atom is -0.393 e. The second-order valence-corrected chi connectivity index (χ2v) is 12.4. The molecule has 2 unspecified atom stereocenters. The molecule has 0 amide bonds. The van der Waals surface area contributed by atoms with Crippen LogP contribution >= 0.6 is 0 Å². The van der Waals surface area contributed by atoms with Gasteiger partial charge < -0.3 is 10.2 Å². The van der Waals surface area contributed by atoms with Crippen molar-refractivity contribution in [1.29, 1.82) is 0 Å². The molecule has 0 radical (unpaired) electrons. The van der Waals surface area contributed by atoms with E-state index in [0.29, 0.717) is 11.8 Å². The van der Waals surface area contributed by atoms with Gasteiger partial charge in [0.25, 0.3) is 0 Å². The maximum atomic E-state index is 11.4. The van der Waals surface area contributed by atoms with E-state index >= 15 is 0 Å². The smallest absolute Gasteiger partial charge is 0.0653 e. The van der Waals surface area contributed by atoms with Gasteiger partial charge in [0.1, 0.15) is 0 Å². The van der Waals surface area contributed by atoms with Crippen LogP contribution in [0.4, 0.5) is 0 Å². The zero-order valence-corrected chi connectivity index (χ0v) is 22.4. The lowest BCUT2D eigenvalue weighted by molar-refractivity contribution is -0.195. The molecule has 0 saturated heterocycles. The summed E-state index contributed by atoms with van der Waals surface area (Å²) >= 11 is 0. The highest BCUT2D eigenvalue weighted by Gasteiger charge is 2.59. The van der Waals surface area contributed by atoms with Crippen LogP contribution in [-0.2, 0) is 0 Å². The monoisotopic (exact) mass is 444 g/mol. The first-order chi connectivity index (χ1) is 14.8. The molecule has 2 N–H and O–H groups in total. The number of allylic oxidation sites excluding steroid dienone is 6. The number of fused-ring (bicyclic) bond motifs is 1. The summed E-state index contributed by atoms with van der Waals surface area (Å²) in [7, 11) is 0. The molecule has 2 fully saturated rings. The largest absolute Gasteiger partial charge is 0.393 e. The quantitative estimate of drug-likeness (QED) is 0.352. The van der Waals surface area contributed by atoms with Gasteiger partial charge in [-0.1, -0.05) is 55.7 Å². The zero-order chi connectivity index (χ0) is 24.2. The number of aliphatic hydroxyl groups is 2. The summed E-state index contributed by atoms with van der Waals surface area (Å²) in [6, 6.07) is 0. The molecule has 184 valence electrons. The Hall–Kier alpha value is -0.860. The fraction of sp³-hybridized carbons (Fsp3) is 0.800. The van der Waals surface area contributed by atoms with Crippen LogP contribution in [0.5, 0.6) is 0 Å². The predicted octanol–water partition coefficient (Wildman–Crippen LogP) is 8.15. The van der Waals surface area contributed by atoms with Crippen molar-refractivity contribution in [2.75, 3.05) is 0 Å². The van der Waals surface area contributed by atoms with Crippen LogP contribution in [0.15, 0.2) is 34.9 Å². The molecule has 2 aliphatic rings. The van der Waals surface area contributed by atoms with Crippen molar-refractivity contribution >= 4 is 0 Å². The molecular weight excluding hydrogens is 392 g/mol. The first-order valence-corrected chi connectivity index (χ1v) is 13.2. The van der Waals surface area contributed by atoms with Gasteiger partial charge in [0.15, 0.2) is 0 Å². The number of hydrogen-bond donors (Lipinski definition) is 2. The van der Waals surface area contributed by atoms with E-state index in [1.54, 1.807) is 0 Å². The van der Waals surface area contributed by atoms with E-state index in [-0.39, 0.29) is 16.9 Å². The third-order valence-electron chi connectivity index (χ3n) is 9.07. The van der Waals surface area contributed by atoms with Gasteiger partial charge in [-0.3, -0.25) is 0 Å². The highest BCUT2D eigenvalue weighted by atomic mass is 16.3. The Bertz CT molecular complexity index is 704. The summed E-state index contributed by atoms with van der Waals surface area (Å²) in [5.41, 5.74) is 3.81. The molecule has 2 nitrogen and oxygen atoms in total. The number of rotatable bonds is 9. The molecule has 0 spiro atoms. The van der Waals surface area contributed by atoms with Gasteiger partial charge in [-0.15, -0.1) is 0 Å². The van der Waals surface area contributed by atoms with E-state index in [4.69, 9.17) is 0 Å². The Kier molecular flexibility index (Phi) is 9.45. The topological polar surface area (TPSA) is 40.5 Å². The number of hydrogen-bond acceptors (Lipinski definition) is 2. The van der Waals surface area contributed by atoms with Gasteiger partial charge in [-0.2, -0.15) is 0 Å². The van der Waals surface area contributed by atoms with Crippen LogP contribution in [0.1, 0.15) is 120 Å². The van der Waals surface area contributed by atoms with Gasteiger partial charge in [-0.05, 0) is 121 Å². The molecule has 5 atom stereocenters. The van der Waals surface area contributed by atoms with Crippen LogP contribution in [0.3, 0.4) is 0 Å². The van der Waals surface area contributed by atoms with Crippen LogP contribution in [0, 0.1) is 22.7 Å². The molecule has 2 aliphatic carbocycles. The van der Waals surface area contributed by atoms with Gasteiger partial charge in [0.2, 0.25) is 0 Å². The molecule has 0 aromatic rings. The molecule has 2 heteroatoms. The minimum absolute atomic E-state index is 0.0662. The maximum absolute atomic E-state index is 11.4. The maximum Gasteiger partial charge on any atom is 0.0653 e. The minimum atomic E-state index is -0.601. The molecule has 32 heavy (non-hydrogen) atoms. The second kappa shape index (κ2) is 11.0.